The fraction of sp³-hybridized carbons (Fsp3) is 1.00. The Morgan fingerprint density at radius 2 is 1.67 bits per heavy atom. The van der Waals surface area contributed by atoms with Crippen LogP contribution in [0, 0.1) is 23.7 Å². The maximum Gasteiger partial charge on any atom is 0.0123 e. The van der Waals surface area contributed by atoms with Crippen LogP contribution in [0.5, 0.6) is 0 Å². The second-order valence-corrected chi connectivity index (χ2v) is 6.95. The summed E-state index contributed by atoms with van der Waals surface area (Å²) >= 11 is 0. The quantitative estimate of drug-likeness (QED) is 0.769. The van der Waals surface area contributed by atoms with Crippen molar-refractivity contribution in [1.29, 1.82) is 0 Å². The molecular formula is C17H33N. The smallest absolute Gasteiger partial charge is 0.0123 e. The molecule has 1 N–H and O–H groups in total. The van der Waals surface area contributed by atoms with Gasteiger partial charge in [-0.2, -0.15) is 0 Å². The summed E-state index contributed by atoms with van der Waals surface area (Å²) in [6, 6.07) is 0.808. The third-order valence-corrected chi connectivity index (χ3v) is 5.86. The largest absolute Gasteiger partial charge is 0.316 e. The van der Waals surface area contributed by atoms with Gasteiger partial charge in [-0.15, -0.1) is 0 Å². The van der Waals surface area contributed by atoms with Crippen molar-refractivity contribution in [3.8, 4) is 0 Å². The average Bonchev–Trinajstić information content (AvgIpc) is 2.42. The van der Waals surface area contributed by atoms with E-state index >= 15 is 0 Å². The monoisotopic (exact) mass is 251 g/mol. The molecule has 2 aliphatic rings. The van der Waals surface area contributed by atoms with E-state index in [-0.39, 0.29) is 0 Å². The summed E-state index contributed by atoms with van der Waals surface area (Å²) in [5, 5.41) is 3.72. The fourth-order valence-corrected chi connectivity index (χ4v) is 4.66. The van der Waals surface area contributed by atoms with E-state index in [1.807, 2.05) is 0 Å². The molecule has 2 fully saturated rings. The first kappa shape index (κ1) is 14.4. The highest BCUT2D eigenvalue weighted by Crippen LogP contribution is 2.40. The van der Waals surface area contributed by atoms with Crippen LogP contribution in [0.2, 0.25) is 0 Å². The zero-order valence-electron chi connectivity index (χ0n) is 12.8. The number of rotatable bonds is 4. The zero-order valence-corrected chi connectivity index (χ0v) is 12.8. The van der Waals surface area contributed by atoms with E-state index in [9.17, 15) is 0 Å². The number of hydrogen-bond acceptors (Lipinski definition) is 1. The first-order valence-electron chi connectivity index (χ1n) is 8.43. The average molecular weight is 251 g/mol. The minimum absolute atomic E-state index is 0.808. The Morgan fingerprint density at radius 1 is 1.00 bits per heavy atom. The van der Waals surface area contributed by atoms with Crippen LogP contribution in [0.15, 0.2) is 0 Å². The predicted molar refractivity (Wildman–Crippen MR) is 79.7 cm³/mol. The molecule has 2 aliphatic carbocycles. The standard InChI is InChI=1S/C17H33N/c1-4-14-7-5-6-8-16(14)17(18-3)15-11-9-13(2)10-12-15/h13-18H,4-12H2,1-3H3. The molecule has 3 atom stereocenters. The molecule has 0 aromatic rings. The second-order valence-electron chi connectivity index (χ2n) is 6.95. The van der Waals surface area contributed by atoms with Crippen molar-refractivity contribution in [2.75, 3.05) is 7.05 Å². The van der Waals surface area contributed by atoms with E-state index in [0.29, 0.717) is 0 Å². The van der Waals surface area contributed by atoms with Gasteiger partial charge >= 0.3 is 0 Å². The Morgan fingerprint density at radius 3 is 2.28 bits per heavy atom. The van der Waals surface area contributed by atoms with Crippen molar-refractivity contribution in [2.45, 2.75) is 77.7 Å². The van der Waals surface area contributed by atoms with E-state index in [4.69, 9.17) is 0 Å². The molecule has 0 bridgehead atoms. The topological polar surface area (TPSA) is 12.0 Å². The van der Waals surface area contributed by atoms with Gasteiger partial charge < -0.3 is 5.32 Å². The molecule has 0 spiro atoms. The summed E-state index contributed by atoms with van der Waals surface area (Å²) in [5.74, 6) is 3.90. The molecule has 0 amide bonds. The van der Waals surface area contributed by atoms with Crippen molar-refractivity contribution >= 4 is 0 Å². The lowest BCUT2D eigenvalue weighted by atomic mass is 9.67. The molecule has 0 aromatic carbocycles. The lowest BCUT2D eigenvalue weighted by molar-refractivity contribution is 0.115. The van der Waals surface area contributed by atoms with Crippen LogP contribution in [-0.4, -0.2) is 13.1 Å². The van der Waals surface area contributed by atoms with Crippen LogP contribution in [0.3, 0.4) is 0 Å². The lowest BCUT2D eigenvalue weighted by Crippen LogP contribution is -2.45. The van der Waals surface area contributed by atoms with Crippen LogP contribution in [0.4, 0.5) is 0 Å². The minimum atomic E-state index is 0.808. The number of hydrogen-bond donors (Lipinski definition) is 1. The van der Waals surface area contributed by atoms with Crippen molar-refractivity contribution in [1.82, 2.24) is 5.32 Å². The van der Waals surface area contributed by atoms with Gasteiger partial charge in [-0.1, -0.05) is 52.4 Å². The molecule has 0 radical (unpaired) electrons. The Kier molecular flexibility index (Phi) is 5.54. The van der Waals surface area contributed by atoms with Crippen LogP contribution in [0.1, 0.15) is 71.6 Å². The van der Waals surface area contributed by atoms with Crippen LogP contribution in [0.25, 0.3) is 0 Å². The normalized spacial score (nSPS) is 39.5. The Labute approximate surface area is 114 Å². The van der Waals surface area contributed by atoms with Gasteiger partial charge in [0.1, 0.15) is 0 Å². The molecule has 0 heterocycles. The van der Waals surface area contributed by atoms with Crippen LogP contribution >= 0.6 is 0 Å². The summed E-state index contributed by atoms with van der Waals surface area (Å²) in [5.41, 5.74) is 0. The number of nitrogens with one attached hydrogen (secondary N) is 1. The van der Waals surface area contributed by atoms with Crippen molar-refractivity contribution in [3.63, 3.8) is 0 Å². The van der Waals surface area contributed by atoms with Crippen molar-refractivity contribution in [2.24, 2.45) is 23.7 Å². The summed E-state index contributed by atoms with van der Waals surface area (Å²) in [4.78, 5) is 0. The first-order chi connectivity index (χ1) is 8.76. The molecule has 0 aliphatic heterocycles. The first-order valence-corrected chi connectivity index (χ1v) is 8.43. The molecule has 3 unspecified atom stereocenters. The molecule has 0 aromatic heterocycles. The molecule has 2 saturated carbocycles. The lowest BCUT2D eigenvalue weighted by Gasteiger charge is -2.42. The summed E-state index contributed by atoms with van der Waals surface area (Å²) in [6.07, 6.45) is 13.2. The highest BCUT2D eigenvalue weighted by molar-refractivity contribution is 4.89. The minimum Gasteiger partial charge on any atom is -0.316 e. The highest BCUT2D eigenvalue weighted by atomic mass is 14.9. The van der Waals surface area contributed by atoms with Gasteiger partial charge in [0.15, 0.2) is 0 Å². The SMILES string of the molecule is CCC1CCCCC1C(NC)C1CCC(C)CC1. The zero-order chi connectivity index (χ0) is 13.0. The van der Waals surface area contributed by atoms with Gasteiger partial charge in [0.25, 0.3) is 0 Å². The highest BCUT2D eigenvalue weighted by Gasteiger charge is 2.35. The van der Waals surface area contributed by atoms with E-state index in [1.54, 1.807) is 0 Å². The Balaban J connectivity index is 1.97. The van der Waals surface area contributed by atoms with E-state index in [2.05, 4.69) is 26.2 Å². The Bertz CT molecular complexity index is 230. The molecular weight excluding hydrogens is 218 g/mol. The van der Waals surface area contributed by atoms with Gasteiger partial charge in [0.05, 0.1) is 0 Å². The summed E-state index contributed by atoms with van der Waals surface area (Å²) in [7, 11) is 2.21. The van der Waals surface area contributed by atoms with E-state index < -0.39 is 0 Å². The molecule has 2 rings (SSSR count). The molecule has 1 heteroatoms. The third kappa shape index (κ3) is 3.29. The summed E-state index contributed by atoms with van der Waals surface area (Å²) < 4.78 is 0. The third-order valence-electron chi connectivity index (χ3n) is 5.86. The van der Waals surface area contributed by atoms with E-state index in [1.165, 1.54) is 57.8 Å². The molecule has 0 saturated heterocycles. The van der Waals surface area contributed by atoms with Crippen molar-refractivity contribution in [3.05, 3.63) is 0 Å². The maximum absolute atomic E-state index is 3.72. The van der Waals surface area contributed by atoms with Gasteiger partial charge in [-0.3, -0.25) is 0 Å². The van der Waals surface area contributed by atoms with Crippen molar-refractivity contribution < 1.29 is 0 Å². The fourth-order valence-electron chi connectivity index (χ4n) is 4.66. The molecule has 18 heavy (non-hydrogen) atoms. The molecule has 106 valence electrons. The van der Waals surface area contributed by atoms with Crippen LogP contribution in [-0.2, 0) is 0 Å². The molecule has 1 nitrogen and oxygen atoms in total. The second kappa shape index (κ2) is 6.93. The van der Waals surface area contributed by atoms with E-state index in [0.717, 1.165) is 29.7 Å². The van der Waals surface area contributed by atoms with Crippen LogP contribution < -0.4 is 5.32 Å². The van der Waals surface area contributed by atoms with Gasteiger partial charge in [-0.25, -0.2) is 0 Å². The maximum atomic E-state index is 3.72. The van der Waals surface area contributed by atoms with Gasteiger partial charge in [0, 0.05) is 6.04 Å². The Hall–Kier alpha value is -0.0400. The summed E-state index contributed by atoms with van der Waals surface area (Å²) in [6.45, 7) is 4.83. The van der Waals surface area contributed by atoms with Gasteiger partial charge in [0.2, 0.25) is 0 Å². The van der Waals surface area contributed by atoms with Gasteiger partial charge in [-0.05, 0) is 50.0 Å². The predicted octanol–water partition coefficient (Wildman–Crippen LogP) is 4.62.